The number of H-pyrrole nitrogens is 1. The van der Waals surface area contributed by atoms with E-state index in [1.807, 2.05) is 48.5 Å². The number of para-hydroxylation sites is 1. The summed E-state index contributed by atoms with van der Waals surface area (Å²) in [6, 6.07) is 17.5. The molecule has 6 heteroatoms. The van der Waals surface area contributed by atoms with E-state index in [1.165, 1.54) is 5.56 Å². The molecule has 0 radical (unpaired) electrons. The van der Waals surface area contributed by atoms with Crippen molar-refractivity contribution in [3.63, 3.8) is 0 Å². The molecule has 6 nitrogen and oxygen atoms in total. The maximum Gasteiger partial charge on any atom is 0.272 e. The second-order valence-electron chi connectivity index (χ2n) is 6.46. The number of amides is 1. The van der Waals surface area contributed by atoms with Crippen LogP contribution in [0.5, 0.6) is 5.75 Å². The highest BCUT2D eigenvalue weighted by molar-refractivity contribution is 6.01. The molecule has 1 amide bonds. The van der Waals surface area contributed by atoms with Crippen molar-refractivity contribution >= 4 is 11.7 Å². The zero-order valence-electron chi connectivity index (χ0n) is 14.5. The number of carbonyl (C=O) groups is 1. The maximum atomic E-state index is 13.0. The summed E-state index contributed by atoms with van der Waals surface area (Å²) in [6.07, 6.45) is 0.742. The van der Waals surface area contributed by atoms with Crippen LogP contribution in [0.1, 0.15) is 16.1 Å². The number of hydrogen-bond acceptors (Lipinski definition) is 4. The average molecular weight is 348 g/mol. The van der Waals surface area contributed by atoms with E-state index in [-0.39, 0.29) is 12.0 Å². The van der Waals surface area contributed by atoms with Gasteiger partial charge >= 0.3 is 0 Å². The number of nitrogens with two attached hydrogens (primary N) is 1. The van der Waals surface area contributed by atoms with Gasteiger partial charge in [0.25, 0.3) is 5.91 Å². The highest BCUT2D eigenvalue weighted by atomic mass is 16.5. The largest absolute Gasteiger partial charge is 0.488 e. The van der Waals surface area contributed by atoms with Gasteiger partial charge in [-0.25, -0.2) is 0 Å². The normalized spacial score (nSPS) is 15.3. The molecule has 0 unspecified atom stereocenters. The van der Waals surface area contributed by atoms with E-state index < -0.39 is 0 Å². The molecule has 26 heavy (non-hydrogen) atoms. The van der Waals surface area contributed by atoms with Crippen molar-refractivity contribution in [2.24, 2.45) is 0 Å². The van der Waals surface area contributed by atoms with E-state index >= 15 is 0 Å². The fourth-order valence-corrected chi connectivity index (χ4v) is 3.34. The first-order valence-corrected chi connectivity index (χ1v) is 8.52. The van der Waals surface area contributed by atoms with Gasteiger partial charge in [-0.15, -0.1) is 0 Å². The molecule has 1 aliphatic heterocycles. The minimum absolute atomic E-state index is 0.0539. The fourth-order valence-electron chi connectivity index (χ4n) is 3.34. The Balaban J connectivity index is 1.52. The standard InChI is InChI=1S/C20H20N4O2/c1-24(12-15-11-14-9-5-6-10-16(14)26-15)20(25)18-17(19(21)23-22-18)13-7-3-2-4-8-13/h2-10,15H,11-12H2,1H3,(H3,21,22,23)/t15-/m0/s1. The Morgan fingerprint density at radius 3 is 2.73 bits per heavy atom. The van der Waals surface area contributed by atoms with E-state index in [4.69, 9.17) is 10.5 Å². The molecule has 4 rings (SSSR count). The number of aromatic nitrogens is 2. The van der Waals surface area contributed by atoms with E-state index in [0.717, 1.165) is 17.7 Å². The summed E-state index contributed by atoms with van der Waals surface area (Å²) >= 11 is 0. The summed E-state index contributed by atoms with van der Waals surface area (Å²) in [5, 5.41) is 6.82. The molecule has 1 atom stereocenters. The van der Waals surface area contributed by atoms with Gasteiger partial charge in [-0.1, -0.05) is 48.5 Å². The number of likely N-dealkylation sites (N-methyl/N-ethyl adjacent to an activating group) is 1. The molecule has 3 aromatic rings. The van der Waals surface area contributed by atoms with Crippen LogP contribution < -0.4 is 10.5 Å². The van der Waals surface area contributed by atoms with Crippen molar-refractivity contribution in [3.8, 4) is 16.9 Å². The smallest absolute Gasteiger partial charge is 0.272 e. The van der Waals surface area contributed by atoms with E-state index in [1.54, 1.807) is 11.9 Å². The predicted molar refractivity (Wildman–Crippen MR) is 100.0 cm³/mol. The van der Waals surface area contributed by atoms with Gasteiger partial charge in [-0.05, 0) is 17.2 Å². The van der Waals surface area contributed by atoms with Gasteiger partial charge < -0.3 is 15.4 Å². The van der Waals surface area contributed by atoms with E-state index in [9.17, 15) is 4.79 Å². The van der Waals surface area contributed by atoms with Crippen LogP contribution in [0, 0.1) is 0 Å². The van der Waals surface area contributed by atoms with Crippen LogP contribution in [-0.2, 0) is 6.42 Å². The molecule has 2 heterocycles. The van der Waals surface area contributed by atoms with Crippen molar-refractivity contribution in [1.82, 2.24) is 15.1 Å². The quantitative estimate of drug-likeness (QED) is 0.759. The van der Waals surface area contributed by atoms with E-state index in [2.05, 4.69) is 16.3 Å². The molecule has 1 aliphatic rings. The van der Waals surface area contributed by atoms with Crippen LogP contribution in [0.2, 0.25) is 0 Å². The Morgan fingerprint density at radius 2 is 1.96 bits per heavy atom. The summed E-state index contributed by atoms with van der Waals surface area (Å²) in [7, 11) is 1.76. The van der Waals surface area contributed by atoms with Crippen molar-refractivity contribution in [1.29, 1.82) is 0 Å². The second-order valence-corrected chi connectivity index (χ2v) is 6.46. The number of ether oxygens (including phenoxy) is 1. The summed E-state index contributed by atoms with van der Waals surface area (Å²) < 4.78 is 5.94. The Labute approximate surface area is 151 Å². The number of rotatable bonds is 4. The molecule has 0 saturated heterocycles. The number of hydrogen-bond donors (Lipinski definition) is 2. The predicted octanol–water partition coefficient (Wildman–Crippen LogP) is 2.73. The lowest BCUT2D eigenvalue weighted by molar-refractivity contribution is 0.0725. The molecule has 132 valence electrons. The maximum absolute atomic E-state index is 13.0. The van der Waals surface area contributed by atoms with Crippen molar-refractivity contribution in [2.75, 3.05) is 19.3 Å². The molecule has 2 aromatic carbocycles. The zero-order valence-corrected chi connectivity index (χ0v) is 14.5. The van der Waals surface area contributed by atoms with Crippen molar-refractivity contribution < 1.29 is 9.53 Å². The first-order valence-electron chi connectivity index (χ1n) is 8.52. The number of fused-ring (bicyclic) bond motifs is 1. The number of nitrogens with one attached hydrogen (secondary N) is 1. The van der Waals surface area contributed by atoms with Gasteiger partial charge in [0.05, 0.1) is 12.1 Å². The van der Waals surface area contributed by atoms with Gasteiger partial charge in [0.2, 0.25) is 0 Å². The lowest BCUT2D eigenvalue weighted by atomic mass is 10.0. The van der Waals surface area contributed by atoms with Crippen LogP contribution in [-0.4, -0.2) is 40.7 Å². The molecule has 0 fully saturated rings. The lowest BCUT2D eigenvalue weighted by Gasteiger charge is -2.21. The minimum atomic E-state index is -0.160. The minimum Gasteiger partial charge on any atom is -0.488 e. The first-order chi connectivity index (χ1) is 12.6. The molecule has 0 saturated carbocycles. The average Bonchev–Trinajstić information content (AvgIpc) is 3.24. The van der Waals surface area contributed by atoms with Gasteiger partial charge in [-0.2, -0.15) is 5.10 Å². The SMILES string of the molecule is CN(C[C@@H]1Cc2ccccc2O1)C(=O)c1[nH]nc(N)c1-c1ccccc1. The highest BCUT2D eigenvalue weighted by Crippen LogP contribution is 2.30. The molecule has 0 spiro atoms. The monoisotopic (exact) mass is 348 g/mol. The summed E-state index contributed by atoms with van der Waals surface area (Å²) in [4.78, 5) is 14.6. The topological polar surface area (TPSA) is 84.2 Å². The van der Waals surface area contributed by atoms with Gasteiger partial charge in [-0.3, -0.25) is 9.89 Å². The number of nitrogens with zero attached hydrogens (tertiary/aromatic N) is 2. The Morgan fingerprint density at radius 1 is 1.23 bits per heavy atom. The Kier molecular flexibility index (Phi) is 4.08. The van der Waals surface area contributed by atoms with Crippen LogP contribution in [0.3, 0.4) is 0 Å². The van der Waals surface area contributed by atoms with Gasteiger partial charge in [0, 0.05) is 13.5 Å². The number of anilines is 1. The third-order valence-electron chi connectivity index (χ3n) is 4.61. The van der Waals surface area contributed by atoms with Crippen molar-refractivity contribution in [2.45, 2.75) is 12.5 Å². The van der Waals surface area contributed by atoms with Crippen LogP contribution in [0.15, 0.2) is 54.6 Å². The van der Waals surface area contributed by atoms with Crippen molar-refractivity contribution in [3.05, 3.63) is 65.9 Å². The third-order valence-corrected chi connectivity index (χ3v) is 4.61. The Hall–Kier alpha value is -3.28. The number of benzene rings is 2. The van der Waals surface area contributed by atoms with Gasteiger partial charge in [0.15, 0.2) is 5.82 Å². The number of carbonyl (C=O) groups excluding carboxylic acids is 1. The summed E-state index contributed by atoms with van der Waals surface area (Å²) in [5.41, 5.74) is 9.06. The van der Waals surface area contributed by atoms with Gasteiger partial charge in [0.1, 0.15) is 17.5 Å². The molecular formula is C20H20N4O2. The number of nitrogen functional groups attached to an aromatic ring is 1. The molecule has 0 aliphatic carbocycles. The molecule has 3 N–H and O–H groups in total. The highest BCUT2D eigenvalue weighted by Gasteiger charge is 2.27. The third kappa shape index (κ3) is 2.90. The molecule has 0 bridgehead atoms. The van der Waals surface area contributed by atoms with Crippen LogP contribution in [0.4, 0.5) is 5.82 Å². The molecule has 1 aromatic heterocycles. The fraction of sp³-hybridized carbons (Fsp3) is 0.200. The van der Waals surface area contributed by atoms with E-state index in [0.29, 0.717) is 23.6 Å². The second kappa shape index (κ2) is 6.55. The summed E-state index contributed by atoms with van der Waals surface area (Å²) in [6.45, 7) is 0.487. The van der Waals surface area contributed by atoms with Crippen LogP contribution >= 0.6 is 0 Å². The molecular weight excluding hydrogens is 328 g/mol. The number of aromatic amines is 1. The lowest BCUT2D eigenvalue weighted by Crippen LogP contribution is -2.36. The first kappa shape index (κ1) is 16.2. The van der Waals surface area contributed by atoms with Crippen LogP contribution in [0.25, 0.3) is 11.1 Å². The summed E-state index contributed by atoms with van der Waals surface area (Å²) in [5.74, 6) is 1.05. The Bertz CT molecular complexity index is 911. The zero-order chi connectivity index (χ0) is 18.1.